The third kappa shape index (κ3) is 1.69. The van der Waals surface area contributed by atoms with Crippen LogP contribution in [0.1, 0.15) is 22.8 Å². The molecule has 2 aromatic rings. The predicted molar refractivity (Wildman–Crippen MR) is 74.3 cm³/mol. The predicted octanol–water partition coefficient (Wildman–Crippen LogP) is 3.23. The fraction of sp³-hybridized carbons (Fsp3) is 0.312. The number of Topliss-reactive ketones (excluding diaryl/α,β-unsaturated/α-hetero) is 1. The molecule has 0 bridgehead atoms. The van der Waals surface area contributed by atoms with Gasteiger partial charge in [0.15, 0.2) is 17.3 Å². The van der Waals surface area contributed by atoms with Crippen LogP contribution in [-0.4, -0.2) is 20.0 Å². The van der Waals surface area contributed by atoms with E-state index in [1.807, 2.05) is 31.2 Å². The monoisotopic (exact) mass is 256 g/mol. The summed E-state index contributed by atoms with van der Waals surface area (Å²) in [4.78, 5) is 12.3. The third-order valence-corrected chi connectivity index (χ3v) is 3.83. The summed E-state index contributed by atoms with van der Waals surface area (Å²) in [6, 6.07) is 7.92. The number of ether oxygens (including phenoxy) is 2. The maximum atomic E-state index is 12.3. The van der Waals surface area contributed by atoms with E-state index in [4.69, 9.17) is 9.47 Å². The van der Waals surface area contributed by atoms with Gasteiger partial charge in [-0.2, -0.15) is 0 Å². The van der Waals surface area contributed by atoms with Gasteiger partial charge in [-0.1, -0.05) is 19.1 Å². The lowest BCUT2D eigenvalue weighted by Gasteiger charge is -2.11. The average Bonchev–Trinajstić information content (AvgIpc) is 2.73. The first-order valence-corrected chi connectivity index (χ1v) is 6.37. The zero-order valence-electron chi connectivity index (χ0n) is 11.3. The Morgan fingerprint density at radius 3 is 2.47 bits per heavy atom. The van der Waals surface area contributed by atoms with E-state index in [0.717, 1.165) is 28.3 Å². The summed E-state index contributed by atoms with van der Waals surface area (Å²) in [5, 5.41) is 1.98. The van der Waals surface area contributed by atoms with Gasteiger partial charge in [0.1, 0.15) is 0 Å². The molecule has 1 aliphatic rings. The molecule has 0 radical (unpaired) electrons. The molecule has 1 aliphatic carbocycles. The van der Waals surface area contributed by atoms with Gasteiger partial charge in [0.25, 0.3) is 0 Å². The van der Waals surface area contributed by atoms with Crippen LogP contribution in [0, 0.1) is 5.92 Å². The van der Waals surface area contributed by atoms with Gasteiger partial charge in [-0.15, -0.1) is 0 Å². The molecule has 0 aliphatic heterocycles. The number of fused-ring (bicyclic) bond motifs is 3. The molecule has 98 valence electrons. The normalized spacial score (nSPS) is 17.6. The van der Waals surface area contributed by atoms with Crippen LogP contribution in [0.4, 0.5) is 0 Å². The first-order valence-electron chi connectivity index (χ1n) is 6.37. The van der Waals surface area contributed by atoms with Crippen molar-refractivity contribution >= 4 is 16.6 Å². The largest absolute Gasteiger partial charge is 0.493 e. The average molecular weight is 256 g/mol. The topological polar surface area (TPSA) is 35.5 Å². The number of rotatable bonds is 2. The fourth-order valence-electron chi connectivity index (χ4n) is 2.83. The van der Waals surface area contributed by atoms with E-state index in [1.54, 1.807) is 14.2 Å². The van der Waals surface area contributed by atoms with E-state index in [0.29, 0.717) is 11.5 Å². The summed E-state index contributed by atoms with van der Waals surface area (Å²) in [5.74, 6) is 1.66. The lowest BCUT2D eigenvalue weighted by atomic mass is 9.99. The van der Waals surface area contributed by atoms with Crippen LogP contribution in [0.25, 0.3) is 10.8 Å². The molecule has 0 amide bonds. The van der Waals surface area contributed by atoms with Crippen LogP contribution in [0.3, 0.4) is 0 Å². The van der Waals surface area contributed by atoms with Crippen molar-refractivity contribution in [2.75, 3.05) is 14.2 Å². The van der Waals surface area contributed by atoms with Gasteiger partial charge in [0.05, 0.1) is 14.2 Å². The summed E-state index contributed by atoms with van der Waals surface area (Å²) >= 11 is 0. The summed E-state index contributed by atoms with van der Waals surface area (Å²) in [5.41, 5.74) is 1.99. The second-order valence-corrected chi connectivity index (χ2v) is 5.00. The maximum absolute atomic E-state index is 12.3. The van der Waals surface area contributed by atoms with Crippen molar-refractivity contribution in [2.24, 2.45) is 5.92 Å². The van der Waals surface area contributed by atoms with Gasteiger partial charge in [0, 0.05) is 11.5 Å². The Hall–Kier alpha value is -2.03. The third-order valence-electron chi connectivity index (χ3n) is 3.83. The SMILES string of the molecule is COc1cc2ccc3c(c2cc1OC)C(=O)C(C)C3. The minimum atomic E-state index is 0.0775. The number of carbonyl (C=O) groups excluding carboxylic acids is 1. The van der Waals surface area contributed by atoms with E-state index in [1.165, 1.54) is 0 Å². The quantitative estimate of drug-likeness (QED) is 0.827. The van der Waals surface area contributed by atoms with Crippen LogP contribution in [0.2, 0.25) is 0 Å². The second kappa shape index (κ2) is 4.26. The molecule has 1 atom stereocenters. The molecule has 19 heavy (non-hydrogen) atoms. The summed E-state index contributed by atoms with van der Waals surface area (Å²) < 4.78 is 10.6. The van der Waals surface area contributed by atoms with Crippen molar-refractivity contribution in [3.05, 3.63) is 35.4 Å². The zero-order chi connectivity index (χ0) is 13.6. The van der Waals surface area contributed by atoms with Gasteiger partial charge >= 0.3 is 0 Å². The van der Waals surface area contributed by atoms with Crippen molar-refractivity contribution in [3.63, 3.8) is 0 Å². The van der Waals surface area contributed by atoms with Crippen molar-refractivity contribution in [3.8, 4) is 11.5 Å². The highest BCUT2D eigenvalue weighted by Gasteiger charge is 2.29. The summed E-state index contributed by atoms with van der Waals surface area (Å²) in [6.07, 6.45) is 0.832. The van der Waals surface area contributed by atoms with Gasteiger partial charge in [0.2, 0.25) is 0 Å². The number of ketones is 1. The lowest BCUT2D eigenvalue weighted by molar-refractivity contribution is 0.0947. The van der Waals surface area contributed by atoms with Crippen molar-refractivity contribution in [1.29, 1.82) is 0 Å². The highest BCUT2D eigenvalue weighted by Crippen LogP contribution is 2.38. The molecule has 2 aromatic carbocycles. The maximum Gasteiger partial charge on any atom is 0.166 e. The highest BCUT2D eigenvalue weighted by molar-refractivity contribution is 6.13. The number of hydrogen-bond acceptors (Lipinski definition) is 3. The van der Waals surface area contributed by atoms with Gasteiger partial charge in [-0.3, -0.25) is 4.79 Å². The minimum Gasteiger partial charge on any atom is -0.493 e. The zero-order valence-corrected chi connectivity index (χ0v) is 11.3. The van der Waals surface area contributed by atoms with Gasteiger partial charge in [-0.05, 0) is 34.9 Å². The number of methoxy groups -OCH3 is 2. The van der Waals surface area contributed by atoms with Crippen molar-refractivity contribution in [1.82, 2.24) is 0 Å². The van der Waals surface area contributed by atoms with E-state index >= 15 is 0 Å². The first-order chi connectivity index (χ1) is 9.15. The van der Waals surface area contributed by atoms with Crippen molar-refractivity contribution < 1.29 is 14.3 Å². The number of carbonyl (C=O) groups is 1. The molecule has 3 nitrogen and oxygen atoms in total. The molecule has 0 heterocycles. The van der Waals surface area contributed by atoms with Gasteiger partial charge in [-0.25, -0.2) is 0 Å². The lowest BCUT2D eigenvalue weighted by Crippen LogP contribution is -2.03. The highest BCUT2D eigenvalue weighted by atomic mass is 16.5. The molecule has 3 heteroatoms. The van der Waals surface area contributed by atoms with E-state index in [-0.39, 0.29) is 11.7 Å². The minimum absolute atomic E-state index is 0.0775. The van der Waals surface area contributed by atoms with E-state index in [2.05, 4.69) is 0 Å². The Morgan fingerprint density at radius 1 is 1.11 bits per heavy atom. The van der Waals surface area contributed by atoms with Crippen LogP contribution in [-0.2, 0) is 6.42 Å². The Kier molecular flexibility index (Phi) is 2.70. The van der Waals surface area contributed by atoms with Gasteiger partial charge < -0.3 is 9.47 Å². The second-order valence-electron chi connectivity index (χ2n) is 5.00. The van der Waals surface area contributed by atoms with Crippen LogP contribution < -0.4 is 9.47 Å². The molecule has 0 spiro atoms. The van der Waals surface area contributed by atoms with Crippen molar-refractivity contribution in [2.45, 2.75) is 13.3 Å². The first kappa shape index (κ1) is 12.0. The summed E-state index contributed by atoms with van der Waals surface area (Å²) in [7, 11) is 3.22. The number of benzene rings is 2. The molecule has 0 saturated carbocycles. The fourth-order valence-corrected chi connectivity index (χ4v) is 2.83. The standard InChI is InChI=1S/C16H16O3/c1-9-6-11-5-4-10-7-13(18-2)14(19-3)8-12(10)15(11)16(9)17/h4-5,7-9H,6H2,1-3H3. The molecule has 0 saturated heterocycles. The Bertz CT molecular complexity index is 673. The molecular formula is C16H16O3. The Morgan fingerprint density at radius 2 is 1.79 bits per heavy atom. The van der Waals surface area contributed by atoms with E-state index in [9.17, 15) is 4.79 Å². The molecule has 3 rings (SSSR count). The number of hydrogen-bond donors (Lipinski definition) is 0. The van der Waals surface area contributed by atoms with Crippen LogP contribution >= 0.6 is 0 Å². The Labute approximate surface area is 112 Å². The van der Waals surface area contributed by atoms with E-state index < -0.39 is 0 Å². The molecule has 0 N–H and O–H groups in total. The molecule has 1 unspecified atom stereocenters. The Balaban J connectivity index is 2.33. The molecule has 0 aromatic heterocycles. The molecular weight excluding hydrogens is 240 g/mol. The molecule has 0 fully saturated rings. The summed E-state index contributed by atoms with van der Waals surface area (Å²) in [6.45, 7) is 1.98. The van der Waals surface area contributed by atoms with Crippen LogP contribution in [0.5, 0.6) is 11.5 Å². The van der Waals surface area contributed by atoms with Crippen LogP contribution in [0.15, 0.2) is 24.3 Å². The smallest absolute Gasteiger partial charge is 0.166 e.